The van der Waals surface area contributed by atoms with Gasteiger partial charge >= 0.3 is 0 Å². The van der Waals surface area contributed by atoms with Gasteiger partial charge in [0.15, 0.2) is 0 Å². The zero-order chi connectivity index (χ0) is 14.9. The minimum atomic E-state index is 0.180. The molecule has 21 heavy (non-hydrogen) atoms. The van der Waals surface area contributed by atoms with E-state index in [-0.39, 0.29) is 5.84 Å². The molecule has 0 radical (unpaired) electrons. The number of ether oxygens (including phenoxy) is 2. The predicted octanol–water partition coefficient (Wildman–Crippen LogP) is 2.43. The highest BCUT2D eigenvalue weighted by Gasteiger charge is 1.99. The molecule has 0 amide bonds. The lowest BCUT2D eigenvalue weighted by molar-refractivity contribution is 0.217. The van der Waals surface area contributed by atoms with Gasteiger partial charge in [0.05, 0.1) is 0 Å². The van der Waals surface area contributed by atoms with Crippen LogP contribution in [0.3, 0.4) is 0 Å². The smallest absolute Gasteiger partial charge is 0.143 e. The molecule has 0 heterocycles. The molecule has 110 valence electrons. The Labute approximate surface area is 123 Å². The van der Waals surface area contributed by atoms with E-state index in [0.29, 0.717) is 19.6 Å². The Morgan fingerprint density at radius 1 is 0.905 bits per heavy atom. The Balaban J connectivity index is 1.73. The summed E-state index contributed by atoms with van der Waals surface area (Å²) < 4.78 is 11.1. The first kappa shape index (κ1) is 14.7. The molecule has 0 aromatic heterocycles. The molecular weight excluding hydrogens is 268 g/mol. The van der Waals surface area contributed by atoms with Crippen molar-refractivity contribution in [2.75, 3.05) is 13.2 Å². The average molecular weight is 286 g/mol. The average Bonchev–Trinajstić information content (AvgIpc) is 2.54. The van der Waals surface area contributed by atoms with Crippen LogP contribution in [0.25, 0.3) is 0 Å². The Hall–Kier alpha value is -2.69. The zero-order valence-corrected chi connectivity index (χ0v) is 11.6. The molecule has 5 heteroatoms. The second kappa shape index (κ2) is 7.79. The van der Waals surface area contributed by atoms with Crippen LogP contribution >= 0.6 is 0 Å². The number of oxime groups is 1. The fraction of sp³-hybridized carbons (Fsp3) is 0.188. The third-order valence-electron chi connectivity index (χ3n) is 2.80. The number of nitrogens with two attached hydrogens (primary N) is 1. The van der Waals surface area contributed by atoms with Crippen LogP contribution in [0.15, 0.2) is 59.8 Å². The van der Waals surface area contributed by atoms with Gasteiger partial charge in [-0.2, -0.15) is 0 Å². The predicted molar refractivity (Wildman–Crippen MR) is 81.0 cm³/mol. The third kappa shape index (κ3) is 5.06. The van der Waals surface area contributed by atoms with Gasteiger partial charge in [0.1, 0.15) is 30.5 Å². The number of hydrogen-bond donors (Lipinski definition) is 2. The third-order valence-corrected chi connectivity index (χ3v) is 2.80. The summed E-state index contributed by atoms with van der Waals surface area (Å²) in [6, 6.07) is 17.1. The maximum absolute atomic E-state index is 8.51. The molecule has 0 saturated carbocycles. The van der Waals surface area contributed by atoms with Gasteiger partial charge in [-0.3, -0.25) is 0 Å². The lowest BCUT2D eigenvalue weighted by atomic mass is 10.1. The van der Waals surface area contributed by atoms with E-state index in [1.807, 2.05) is 54.6 Å². The topological polar surface area (TPSA) is 77.1 Å². The van der Waals surface area contributed by atoms with Crippen LogP contribution in [-0.4, -0.2) is 24.3 Å². The fourth-order valence-electron chi connectivity index (χ4n) is 1.78. The molecule has 5 nitrogen and oxygen atoms in total. The standard InChI is InChI=1S/C16H18N2O3/c17-16(18-19)12-13-6-8-15(9-7-13)21-11-10-20-14-4-2-1-3-5-14/h1-9,19H,10-12H2,(H2,17,18). The van der Waals surface area contributed by atoms with E-state index >= 15 is 0 Å². The maximum atomic E-state index is 8.51. The highest BCUT2D eigenvalue weighted by Crippen LogP contribution is 2.13. The largest absolute Gasteiger partial charge is 0.490 e. The van der Waals surface area contributed by atoms with Crippen LogP contribution in [-0.2, 0) is 6.42 Å². The van der Waals surface area contributed by atoms with Gasteiger partial charge in [-0.1, -0.05) is 35.5 Å². The molecule has 0 aliphatic rings. The minimum absolute atomic E-state index is 0.180. The van der Waals surface area contributed by atoms with Gasteiger partial charge in [0.25, 0.3) is 0 Å². The summed E-state index contributed by atoms with van der Waals surface area (Å²) in [6.07, 6.45) is 0.411. The monoisotopic (exact) mass is 286 g/mol. The minimum Gasteiger partial charge on any atom is -0.490 e. The summed E-state index contributed by atoms with van der Waals surface area (Å²) >= 11 is 0. The number of rotatable bonds is 7. The van der Waals surface area contributed by atoms with E-state index < -0.39 is 0 Å². The number of amidine groups is 1. The molecule has 0 saturated heterocycles. The summed E-state index contributed by atoms with van der Waals surface area (Å²) in [5.41, 5.74) is 6.41. The second-order valence-electron chi connectivity index (χ2n) is 4.42. The normalized spacial score (nSPS) is 11.1. The summed E-state index contributed by atoms with van der Waals surface area (Å²) in [5.74, 6) is 1.77. The first-order valence-electron chi connectivity index (χ1n) is 6.64. The molecule has 2 rings (SSSR count). The lowest BCUT2D eigenvalue weighted by Crippen LogP contribution is -2.14. The molecule has 0 fully saturated rings. The number of nitrogens with zero attached hydrogens (tertiary/aromatic N) is 1. The van der Waals surface area contributed by atoms with Crippen LogP contribution in [0.4, 0.5) is 0 Å². The van der Waals surface area contributed by atoms with Crippen molar-refractivity contribution in [3.05, 3.63) is 60.2 Å². The van der Waals surface area contributed by atoms with E-state index in [9.17, 15) is 0 Å². The van der Waals surface area contributed by atoms with Gasteiger partial charge in [0, 0.05) is 6.42 Å². The van der Waals surface area contributed by atoms with Crippen molar-refractivity contribution in [3.63, 3.8) is 0 Å². The Morgan fingerprint density at radius 3 is 2.05 bits per heavy atom. The van der Waals surface area contributed by atoms with Gasteiger partial charge in [0.2, 0.25) is 0 Å². The van der Waals surface area contributed by atoms with Gasteiger partial charge < -0.3 is 20.4 Å². The first-order chi connectivity index (χ1) is 10.3. The van der Waals surface area contributed by atoms with Crippen molar-refractivity contribution in [1.82, 2.24) is 0 Å². The van der Waals surface area contributed by atoms with Crippen LogP contribution < -0.4 is 15.2 Å². The van der Waals surface area contributed by atoms with Crippen LogP contribution in [0.2, 0.25) is 0 Å². The summed E-state index contributed by atoms with van der Waals surface area (Å²) in [7, 11) is 0. The fourth-order valence-corrected chi connectivity index (χ4v) is 1.78. The molecule has 2 aromatic carbocycles. The van der Waals surface area contributed by atoms with Gasteiger partial charge in [-0.15, -0.1) is 0 Å². The maximum Gasteiger partial charge on any atom is 0.143 e. The highest BCUT2D eigenvalue weighted by molar-refractivity contribution is 5.82. The molecule has 0 aliphatic heterocycles. The number of hydrogen-bond acceptors (Lipinski definition) is 4. The summed E-state index contributed by atoms with van der Waals surface area (Å²) in [5, 5.41) is 11.5. The Kier molecular flexibility index (Phi) is 5.46. The zero-order valence-electron chi connectivity index (χ0n) is 11.6. The van der Waals surface area contributed by atoms with E-state index in [1.165, 1.54) is 0 Å². The Bertz CT molecular complexity index is 568. The molecule has 0 unspecified atom stereocenters. The SMILES string of the molecule is NC(Cc1ccc(OCCOc2ccccc2)cc1)=NO. The van der Waals surface area contributed by atoms with E-state index in [4.69, 9.17) is 20.4 Å². The molecule has 3 N–H and O–H groups in total. The van der Waals surface area contributed by atoms with Crippen LogP contribution in [0.5, 0.6) is 11.5 Å². The molecule has 0 atom stereocenters. The van der Waals surface area contributed by atoms with E-state index in [0.717, 1.165) is 17.1 Å². The Morgan fingerprint density at radius 2 is 1.48 bits per heavy atom. The van der Waals surface area contributed by atoms with Crippen molar-refractivity contribution in [1.29, 1.82) is 0 Å². The number of para-hydroxylation sites is 1. The molecule has 0 aliphatic carbocycles. The van der Waals surface area contributed by atoms with Gasteiger partial charge in [-0.05, 0) is 29.8 Å². The quantitative estimate of drug-likeness (QED) is 0.269. The summed E-state index contributed by atoms with van der Waals surface area (Å²) in [6.45, 7) is 0.949. The van der Waals surface area contributed by atoms with Crippen molar-refractivity contribution >= 4 is 5.84 Å². The molecule has 2 aromatic rings. The van der Waals surface area contributed by atoms with Crippen molar-refractivity contribution < 1.29 is 14.7 Å². The summed E-state index contributed by atoms with van der Waals surface area (Å²) in [4.78, 5) is 0. The van der Waals surface area contributed by atoms with Crippen LogP contribution in [0.1, 0.15) is 5.56 Å². The van der Waals surface area contributed by atoms with Gasteiger partial charge in [-0.25, -0.2) is 0 Å². The van der Waals surface area contributed by atoms with E-state index in [2.05, 4.69) is 5.16 Å². The first-order valence-corrected chi connectivity index (χ1v) is 6.64. The number of benzene rings is 2. The molecule has 0 spiro atoms. The van der Waals surface area contributed by atoms with Crippen molar-refractivity contribution in [2.45, 2.75) is 6.42 Å². The lowest BCUT2D eigenvalue weighted by Gasteiger charge is -2.08. The van der Waals surface area contributed by atoms with Crippen LogP contribution in [0, 0.1) is 0 Å². The van der Waals surface area contributed by atoms with E-state index in [1.54, 1.807) is 0 Å². The highest BCUT2D eigenvalue weighted by atomic mass is 16.5. The van der Waals surface area contributed by atoms with Crippen molar-refractivity contribution in [2.24, 2.45) is 10.9 Å². The van der Waals surface area contributed by atoms with Crippen molar-refractivity contribution in [3.8, 4) is 11.5 Å². The molecule has 0 bridgehead atoms. The second-order valence-corrected chi connectivity index (χ2v) is 4.42. The molecular formula is C16H18N2O3.